The largest absolute Gasteiger partial charge is 0.465 e. The number of ether oxygens (including phenoxy) is 2. The standard InChI is InChI=1S/C12H20O3/c1-8(2)11-6-10(7-14-9(3)13)12(4,5)15-11/h10-11H,1,6-7H2,2-5H3/t10-,11+/m1/s1. The molecule has 0 aromatic heterocycles. The van der Waals surface area contributed by atoms with Gasteiger partial charge in [0.2, 0.25) is 0 Å². The minimum absolute atomic E-state index is 0.0977. The summed E-state index contributed by atoms with van der Waals surface area (Å²) in [6.07, 6.45) is 0.982. The fourth-order valence-electron chi connectivity index (χ4n) is 1.84. The topological polar surface area (TPSA) is 35.5 Å². The molecule has 0 aliphatic carbocycles. The summed E-state index contributed by atoms with van der Waals surface area (Å²) in [5.74, 6) is 0.0210. The van der Waals surface area contributed by atoms with E-state index < -0.39 is 0 Å². The molecular weight excluding hydrogens is 192 g/mol. The van der Waals surface area contributed by atoms with Gasteiger partial charge >= 0.3 is 5.97 Å². The van der Waals surface area contributed by atoms with Gasteiger partial charge in [-0.25, -0.2) is 0 Å². The SMILES string of the molecule is C=C(C)[C@@H]1C[C@H](COC(C)=O)C(C)(C)O1. The van der Waals surface area contributed by atoms with Gasteiger partial charge in [-0.1, -0.05) is 12.2 Å². The van der Waals surface area contributed by atoms with Crippen molar-refractivity contribution in [1.29, 1.82) is 0 Å². The number of esters is 1. The third kappa shape index (κ3) is 3.06. The molecule has 0 aromatic rings. The third-order valence-electron chi connectivity index (χ3n) is 2.97. The average Bonchev–Trinajstić information content (AvgIpc) is 2.37. The van der Waals surface area contributed by atoms with Crippen LogP contribution < -0.4 is 0 Å². The molecule has 0 N–H and O–H groups in total. The summed E-state index contributed by atoms with van der Waals surface area (Å²) < 4.78 is 10.9. The fourth-order valence-corrected chi connectivity index (χ4v) is 1.84. The molecule has 0 amide bonds. The lowest BCUT2D eigenvalue weighted by Gasteiger charge is -2.25. The van der Waals surface area contributed by atoms with E-state index in [-0.39, 0.29) is 23.6 Å². The van der Waals surface area contributed by atoms with Crippen molar-refractivity contribution in [3.05, 3.63) is 12.2 Å². The van der Waals surface area contributed by atoms with Crippen LogP contribution in [0.15, 0.2) is 12.2 Å². The maximum atomic E-state index is 10.7. The van der Waals surface area contributed by atoms with E-state index in [1.54, 1.807) is 0 Å². The zero-order chi connectivity index (χ0) is 11.6. The van der Waals surface area contributed by atoms with Gasteiger partial charge in [-0.3, -0.25) is 4.79 Å². The Morgan fingerprint density at radius 1 is 1.53 bits per heavy atom. The van der Waals surface area contributed by atoms with Gasteiger partial charge in [0, 0.05) is 12.8 Å². The maximum absolute atomic E-state index is 10.7. The van der Waals surface area contributed by atoms with Crippen molar-refractivity contribution in [2.24, 2.45) is 5.92 Å². The molecular formula is C12H20O3. The molecule has 1 saturated heterocycles. The Hall–Kier alpha value is -0.830. The molecule has 1 fully saturated rings. The van der Waals surface area contributed by atoms with Crippen molar-refractivity contribution in [2.75, 3.05) is 6.61 Å². The van der Waals surface area contributed by atoms with Gasteiger partial charge in [-0.05, 0) is 27.2 Å². The molecule has 86 valence electrons. The first-order chi connectivity index (χ1) is 6.83. The molecule has 3 nitrogen and oxygen atoms in total. The van der Waals surface area contributed by atoms with Crippen LogP contribution in [0.5, 0.6) is 0 Å². The van der Waals surface area contributed by atoms with E-state index in [0.29, 0.717) is 6.61 Å². The van der Waals surface area contributed by atoms with E-state index in [2.05, 4.69) is 6.58 Å². The quantitative estimate of drug-likeness (QED) is 0.532. The number of carbonyl (C=O) groups excluding carboxylic acids is 1. The summed E-state index contributed by atoms with van der Waals surface area (Å²) in [4.78, 5) is 10.7. The second-order valence-corrected chi connectivity index (χ2v) is 4.79. The number of rotatable bonds is 3. The monoisotopic (exact) mass is 212 g/mol. The zero-order valence-corrected chi connectivity index (χ0v) is 10.0. The highest BCUT2D eigenvalue weighted by Gasteiger charge is 2.42. The van der Waals surface area contributed by atoms with E-state index in [9.17, 15) is 4.79 Å². The highest BCUT2D eigenvalue weighted by Crippen LogP contribution is 2.38. The molecule has 0 radical (unpaired) electrons. The van der Waals surface area contributed by atoms with Crippen LogP contribution in [-0.2, 0) is 14.3 Å². The lowest BCUT2D eigenvalue weighted by Crippen LogP contribution is -2.31. The van der Waals surface area contributed by atoms with Crippen molar-refractivity contribution in [3.8, 4) is 0 Å². The molecule has 2 atom stereocenters. The van der Waals surface area contributed by atoms with E-state index in [1.165, 1.54) is 6.92 Å². The molecule has 0 saturated carbocycles. The van der Waals surface area contributed by atoms with Gasteiger partial charge < -0.3 is 9.47 Å². The fraction of sp³-hybridized carbons (Fsp3) is 0.750. The minimum Gasteiger partial charge on any atom is -0.465 e. The Labute approximate surface area is 91.4 Å². The molecule has 1 aliphatic rings. The van der Waals surface area contributed by atoms with Crippen LogP contribution in [0.3, 0.4) is 0 Å². The third-order valence-corrected chi connectivity index (χ3v) is 2.97. The first-order valence-electron chi connectivity index (χ1n) is 5.29. The van der Waals surface area contributed by atoms with Crippen molar-refractivity contribution < 1.29 is 14.3 Å². The first-order valence-corrected chi connectivity index (χ1v) is 5.29. The summed E-state index contributed by atoms with van der Waals surface area (Å²) in [5, 5.41) is 0. The van der Waals surface area contributed by atoms with E-state index >= 15 is 0 Å². The molecule has 15 heavy (non-hydrogen) atoms. The smallest absolute Gasteiger partial charge is 0.302 e. The average molecular weight is 212 g/mol. The van der Waals surface area contributed by atoms with Crippen LogP contribution in [-0.4, -0.2) is 24.3 Å². The Kier molecular flexibility index (Phi) is 3.55. The van der Waals surface area contributed by atoms with E-state index in [4.69, 9.17) is 9.47 Å². The Morgan fingerprint density at radius 3 is 2.53 bits per heavy atom. The predicted octanol–water partition coefficient (Wildman–Crippen LogP) is 2.31. The molecule has 0 aromatic carbocycles. The number of hydrogen-bond acceptors (Lipinski definition) is 3. The second kappa shape index (κ2) is 4.35. The van der Waals surface area contributed by atoms with Gasteiger partial charge in [0.1, 0.15) is 0 Å². The van der Waals surface area contributed by atoms with E-state index in [0.717, 1.165) is 12.0 Å². The highest BCUT2D eigenvalue weighted by atomic mass is 16.5. The van der Waals surface area contributed by atoms with E-state index in [1.807, 2.05) is 20.8 Å². The maximum Gasteiger partial charge on any atom is 0.302 e. The molecule has 1 rings (SSSR count). The molecule has 1 heterocycles. The van der Waals surface area contributed by atoms with Gasteiger partial charge in [0.15, 0.2) is 0 Å². The van der Waals surface area contributed by atoms with Crippen molar-refractivity contribution in [1.82, 2.24) is 0 Å². The minimum atomic E-state index is -0.237. The summed E-state index contributed by atoms with van der Waals surface area (Å²) in [6.45, 7) is 11.8. The van der Waals surface area contributed by atoms with Crippen molar-refractivity contribution >= 4 is 5.97 Å². The Morgan fingerprint density at radius 2 is 2.13 bits per heavy atom. The van der Waals surface area contributed by atoms with Crippen LogP contribution in [0.1, 0.15) is 34.1 Å². The summed E-state index contributed by atoms with van der Waals surface area (Å²) in [6, 6.07) is 0. The number of carbonyl (C=O) groups is 1. The lowest BCUT2D eigenvalue weighted by atomic mass is 9.90. The summed E-state index contributed by atoms with van der Waals surface area (Å²) in [7, 11) is 0. The zero-order valence-electron chi connectivity index (χ0n) is 10.0. The van der Waals surface area contributed by atoms with Crippen LogP contribution in [0.25, 0.3) is 0 Å². The normalized spacial score (nSPS) is 28.8. The van der Waals surface area contributed by atoms with Crippen LogP contribution in [0, 0.1) is 5.92 Å². The predicted molar refractivity (Wildman–Crippen MR) is 58.5 cm³/mol. The van der Waals surface area contributed by atoms with Gasteiger partial charge in [-0.15, -0.1) is 0 Å². The van der Waals surface area contributed by atoms with Crippen LogP contribution in [0.4, 0.5) is 0 Å². The molecule has 0 unspecified atom stereocenters. The molecule has 1 aliphatic heterocycles. The van der Waals surface area contributed by atoms with Gasteiger partial charge in [-0.2, -0.15) is 0 Å². The highest BCUT2D eigenvalue weighted by molar-refractivity contribution is 5.65. The summed E-state index contributed by atoms with van der Waals surface area (Å²) >= 11 is 0. The molecule has 3 heteroatoms. The first kappa shape index (κ1) is 12.2. The van der Waals surface area contributed by atoms with Gasteiger partial charge in [0.05, 0.1) is 18.3 Å². The second-order valence-electron chi connectivity index (χ2n) is 4.79. The van der Waals surface area contributed by atoms with Crippen molar-refractivity contribution in [3.63, 3.8) is 0 Å². The molecule has 0 bridgehead atoms. The van der Waals surface area contributed by atoms with Crippen LogP contribution in [0.2, 0.25) is 0 Å². The Bertz CT molecular complexity index is 268. The van der Waals surface area contributed by atoms with Gasteiger partial charge in [0.25, 0.3) is 0 Å². The summed E-state index contributed by atoms with van der Waals surface area (Å²) in [5.41, 5.74) is 0.799. The van der Waals surface area contributed by atoms with Crippen molar-refractivity contribution in [2.45, 2.75) is 45.8 Å². The molecule has 0 spiro atoms. The van der Waals surface area contributed by atoms with Crippen LogP contribution >= 0.6 is 0 Å². The lowest BCUT2D eigenvalue weighted by molar-refractivity contribution is -0.143. The Balaban J connectivity index is 2.57. The number of hydrogen-bond donors (Lipinski definition) is 0.